The minimum absolute atomic E-state index is 0.151. The van der Waals surface area contributed by atoms with E-state index in [9.17, 15) is 20.4 Å². The van der Waals surface area contributed by atoms with E-state index in [0.717, 1.165) is 0 Å². The maximum atomic E-state index is 10.4. The lowest BCUT2D eigenvalue weighted by molar-refractivity contribution is 0.399. The number of hydrogen-bond acceptors (Lipinski definition) is 12. The molecule has 0 radical (unpaired) electrons. The zero-order chi connectivity index (χ0) is 24.8. The monoisotopic (exact) mass is 482 g/mol. The average molecular weight is 483 g/mol. The van der Waals surface area contributed by atoms with Crippen LogP contribution in [0, 0.1) is 0 Å². The normalized spacial score (nSPS) is 10.8. The Labute approximate surface area is 199 Å². The van der Waals surface area contributed by atoms with Crippen LogP contribution in [0.15, 0.2) is 30.3 Å². The Kier molecular flexibility index (Phi) is 6.90. The van der Waals surface area contributed by atoms with E-state index in [1.807, 2.05) is 0 Å². The lowest BCUT2D eigenvalue weighted by Gasteiger charge is -2.11. The topological polar surface area (TPSA) is 212 Å². The van der Waals surface area contributed by atoms with Crippen LogP contribution in [0.2, 0.25) is 0 Å². The second-order valence-corrected chi connectivity index (χ2v) is 7.50. The molecule has 14 nitrogen and oxygen atoms in total. The first-order valence-electron chi connectivity index (χ1n) is 10.8. The molecule has 2 heterocycles. The van der Waals surface area contributed by atoms with Gasteiger partial charge in [-0.2, -0.15) is 9.97 Å². The molecule has 14 heteroatoms. The van der Waals surface area contributed by atoms with E-state index in [4.69, 9.17) is 0 Å². The second kappa shape index (κ2) is 10.4. The molecule has 0 aliphatic carbocycles. The van der Waals surface area contributed by atoms with Crippen LogP contribution in [-0.4, -0.2) is 70.9 Å². The van der Waals surface area contributed by atoms with Crippen LogP contribution < -0.4 is 21.3 Å². The van der Waals surface area contributed by atoms with Crippen LogP contribution in [-0.2, 0) is 12.8 Å². The number of aromatic hydroxyl groups is 4. The van der Waals surface area contributed by atoms with Crippen LogP contribution in [0.25, 0.3) is 0 Å². The number of H-pyrrole nitrogens is 2. The first-order chi connectivity index (χ1) is 16.9. The van der Waals surface area contributed by atoms with E-state index in [2.05, 4.69) is 51.6 Å². The smallest absolute Gasteiger partial charge is 0.243 e. The summed E-state index contributed by atoms with van der Waals surface area (Å²) in [4.78, 5) is 8.39. The molecule has 0 aliphatic rings. The van der Waals surface area contributed by atoms with Gasteiger partial charge >= 0.3 is 0 Å². The first-order valence-corrected chi connectivity index (χ1v) is 10.8. The standard InChI is InChI=1S/C21H26N10O4/c1-22-18-26-19(29-28-18)23-10-8-12-5-6-13(17(35)16(12)34)25-21-27-20(30-31-21)24-9-7-11-3-2-4-14(32)15(11)33/h2-6,32-35H,7-10H2,1H3,(H3,22,23,26,28,29)(H3,24,25,27,30,31). The van der Waals surface area contributed by atoms with Gasteiger partial charge in [-0.15, -0.1) is 10.2 Å². The summed E-state index contributed by atoms with van der Waals surface area (Å²) in [6.45, 7) is 0.864. The molecule has 35 heavy (non-hydrogen) atoms. The summed E-state index contributed by atoms with van der Waals surface area (Å²) in [5.41, 5.74) is 1.38. The van der Waals surface area contributed by atoms with Gasteiger partial charge in [0.05, 0.1) is 5.69 Å². The number of hydrogen-bond donors (Lipinski definition) is 10. The summed E-state index contributed by atoms with van der Waals surface area (Å²) in [5, 5.41) is 65.4. The number of benzene rings is 2. The van der Waals surface area contributed by atoms with E-state index in [1.165, 1.54) is 6.07 Å². The number of anilines is 5. The third-order valence-corrected chi connectivity index (χ3v) is 5.14. The van der Waals surface area contributed by atoms with Crippen LogP contribution in [0.4, 0.5) is 29.5 Å². The second-order valence-electron chi connectivity index (χ2n) is 7.50. The van der Waals surface area contributed by atoms with Gasteiger partial charge in [-0.05, 0) is 36.1 Å². The van der Waals surface area contributed by atoms with Crippen LogP contribution in [0.5, 0.6) is 23.0 Å². The Balaban J connectivity index is 1.30. The molecule has 2 aromatic heterocycles. The average Bonchev–Trinajstić information content (AvgIpc) is 3.50. The Morgan fingerprint density at radius 1 is 0.743 bits per heavy atom. The fourth-order valence-electron chi connectivity index (χ4n) is 3.31. The molecular formula is C21H26N10O4. The molecular weight excluding hydrogens is 456 g/mol. The summed E-state index contributed by atoms with van der Waals surface area (Å²) in [6, 6.07) is 8.09. The highest BCUT2D eigenvalue weighted by Crippen LogP contribution is 2.37. The van der Waals surface area contributed by atoms with Crippen molar-refractivity contribution in [1.82, 2.24) is 30.4 Å². The molecule has 0 saturated carbocycles. The van der Waals surface area contributed by atoms with Gasteiger partial charge in [0.2, 0.25) is 23.8 Å². The highest BCUT2D eigenvalue weighted by Gasteiger charge is 2.14. The number of phenolic OH excluding ortho intramolecular Hbond substituents is 4. The summed E-state index contributed by atoms with van der Waals surface area (Å²) >= 11 is 0. The lowest BCUT2D eigenvalue weighted by Crippen LogP contribution is -2.07. The summed E-state index contributed by atoms with van der Waals surface area (Å²) in [6.07, 6.45) is 0.871. The molecule has 0 bridgehead atoms. The molecule has 0 unspecified atom stereocenters. The van der Waals surface area contributed by atoms with E-state index in [1.54, 1.807) is 31.3 Å². The van der Waals surface area contributed by atoms with E-state index < -0.39 is 0 Å². The number of aromatic nitrogens is 6. The van der Waals surface area contributed by atoms with Crippen LogP contribution in [0.3, 0.4) is 0 Å². The van der Waals surface area contributed by atoms with Crippen molar-refractivity contribution in [3.8, 4) is 23.0 Å². The zero-order valence-electron chi connectivity index (χ0n) is 18.8. The number of nitrogens with zero attached hydrogens (tertiary/aromatic N) is 4. The van der Waals surface area contributed by atoms with Crippen molar-refractivity contribution in [2.24, 2.45) is 0 Å². The molecule has 0 amide bonds. The molecule has 0 saturated heterocycles. The largest absolute Gasteiger partial charge is 0.504 e. The van der Waals surface area contributed by atoms with E-state index >= 15 is 0 Å². The Morgan fingerprint density at radius 3 is 2.20 bits per heavy atom. The molecule has 0 fully saturated rings. The van der Waals surface area contributed by atoms with Gasteiger partial charge < -0.3 is 41.7 Å². The minimum atomic E-state index is -0.315. The van der Waals surface area contributed by atoms with E-state index in [0.29, 0.717) is 54.9 Å². The number of para-hydroxylation sites is 1. The van der Waals surface area contributed by atoms with Crippen LogP contribution >= 0.6 is 0 Å². The fraction of sp³-hybridized carbons (Fsp3) is 0.238. The summed E-state index contributed by atoms with van der Waals surface area (Å²) < 4.78 is 0. The van der Waals surface area contributed by atoms with E-state index in [-0.39, 0.29) is 34.6 Å². The van der Waals surface area contributed by atoms with Gasteiger partial charge in [0, 0.05) is 20.1 Å². The minimum Gasteiger partial charge on any atom is -0.504 e. The highest BCUT2D eigenvalue weighted by atomic mass is 16.3. The molecule has 184 valence electrons. The fourth-order valence-corrected chi connectivity index (χ4v) is 3.31. The third kappa shape index (κ3) is 5.55. The highest BCUT2D eigenvalue weighted by molar-refractivity contribution is 5.68. The van der Waals surface area contributed by atoms with Crippen LogP contribution in [0.1, 0.15) is 11.1 Å². The molecule has 4 aromatic rings. The van der Waals surface area contributed by atoms with Crippen molar-refractivity contribution in [1.29, 1.82) is 0 Å². The Morgan fingerprint density at radius 2 is 1.43 bits per heavy atom. The van der Waals surface area contributed by atoms with Gasteiger partial charge in [0.25, 0.3) is 0 Å². The lowest BCUT2D eigenvalue weighted by atomic mass is 10.1. The van der Waals surface area contributed by atoms with Crippen molar-refractivity contribution >= 4 is 29.5 Å². The van der Waals surface area contributed by atoms with Gasteiger partial charge in [0.15, 0.2) is 23.0 Å². The molecule has 10 N–H and O–H groups in total. The van der Waals surface area contributed by atoms with Gasteiger partial charge in [0.1, 0.15) is 0 Å². The Bertz CT molecular complexity index is 1290. The number of rotatable bonds is 11. The van der Waals surface area contributed by atoms with Crippen molar-refractivity contribution in [3.05, 3.63) is 41.5 Å². The maximum Gasteiger partial charge on any atom is 0.243 e. The molecule has 0 atom stereocenters. The van der Waals surface area contributed by atoms with Crippen molar-refractivity contribution in [3.63, 3.8) is 0 Å². The van der Waals surface area contributed by atoms with Gasteiger partial charge in [-0.3, -0.25) is 0 Å². The first kappa shape index (κ1) is 23.3. The molecule has 2 aromatic carbocycles. The van der Waals surface area contributed by atoms with Crippen molar-refractivity contribution < 1.29 is 20.4 Å². The van der Waals surface area contributed by atoms with Crippen molar-refractivity contribution in [2.75, 3.05) is 41.4 Å². The third-order valence-electron chi connectivity index (χ3n) is 5.14. The van der Waals surface area contributed by atoms with Gasteiger partial charge in [-0.25, -0.2) is 10.2 Å². The zero-order valence-corrected chi connectivity index (χ0v) is 18.8. The summed E-state index contributed by atoms with van der Waals surface area (Å²) in [5.74, 6) is 0.626. The number of nitrogens with one attached hydrogen (secondary N) is 6. The molecule has 4 rings (SSSR count). The molecule has 0 spiro atoms. The maximum absolute atomic E-state index is 10.4. The van der Waals surface area contributed by atoms with Crippen molar-refractivity contribution in [2.45, 2.75) is 12.8 Å². The van der Waals surface area contributed by atoms with Gasteiger partial charge in [-0.1, -0.05) is 18.2 Å². The SMILES string of the molecule is CNc1n[nH]c(NCCc2ccc(Nc3nc(NCCc4cccc(O)c4O)n[nH]3)c(O)c2O)n1. The quantitative estimate of drug-likeness (QED) is 0.139. The number of phenols is 4. The predicted molar refractivity (Wildman–Crippen MR) is 130 cm³/mol. The Hall–Kier alpha value is -4.88. The number of aromatic amines is 2. The molecule has 0 aliphatic heterocycles. The summed E-state index contributed by atoms with van der Waals surface area (Å²) in [7, 11) is 1.71. The predicted octanol–water partition coefficient (Wildman–Crippen LogP) is 1.84.